The van der Waals surface area contributed by atoms with Crippen molar-refractivity contribution in [3.63, 3.8) is 0 Å². The molecule has 1 aromatic carbocycles. The lowest BCUT2D eigenvalue weighted by Gasteiger charge is -2.15. The Bertz CT molecular complexity index is 604. The average molecular weight is 298 g/mol. The highest BCUT2D eigenvalue weighted by molar-refractivity contribution is 5.79. The summed E-state index contributed by atoms with van der Waals surface area (Å²) in [5, 5.41) is 6.74. The fraction of sp³-hybridized carbons (Fsp3) is 0.389. The van der Waals surface area contributed by atoms with Gasteiger partial charge < -0.3 is 15.2 Å². The number of aryl methyl sites for hydroxylation is 3. The monoisotopic (exact) mass is 298 g/mol. The zero-order chi connectivity index (χ0) is 15.9. The maximum absolute atomic E-state index is 4.28. The van der Waals surface area contributed by atoms with Crippen LogP contribution in [-0.4, -0.2) is 24.1 Å². The van der Waals surface area contributed by atoms with Gasteiger partial charge in [0.1, 0.15) is 0 Å². The van der Waals surface area contributed by atoms with E-state index in [-0.39, 0.29) is 0 Å². The highest BCUT2D eigenvalue weighted by Crippen LogP contribution is 2.15. The van der Waals surface area contributed by atoms with Crippen molar-refractivity contribution >= 4 is 5.96 Å². The van der Waals surface area contributed by atoms with Crippen LogP contribution < -0.4 is 10.6 Å². The minimum atomic E-state index is 0.793. The van der Waals surface area contributed by atoms with Crippen molar-refractivity contribution in [2.45, 2.75) is 33.9 Å². The molecule has 1 heterocycles. The van der Waals surface area contributed by atoms with Crippen molar-refractivity contribution in [3.05, 3.63) is 58.9 Å². The van der Waals surface area contributed by atoms with Gasteiger partial charge in [0.25, 0.3) is 0 Å². The van der Waals surface area contributed by atoms with Crippen LogP contribution in [-0.2, 0) is 13.1 Å². The number of guanidine groups is 1. The fourth-order valence-electron chi connectivity index (χ4n) is 2.70. The summed E-state index contributed by atoms with van der Waals surface area (Å²) in [4.78, 5) is 4.28. The summed E-state index contributed by atoms with van der Waals surface area (Å²) in [6, 6.07) is 8.53. The van der Waals surface area contributed by atoms with Gasteiger partial charge in [-0.2, -0.15) is 0 Å². The normalized spacial score (nSPS) is 11.5. The van der Waals surface area contributed by atoms with Crippen LogP contribution in [0.1, 0.15) is 22.3 Å². The smallest absolute Gasteiger partial charge is 0.191 e. The van der Waals surface area contributed by atoms with Crippen LogP contribution in [0.2, 0.25) is 0 Å². The summed E-state index contributed by atoms with van der Waals surface area (Å²) in [7, 11) is 1.81. The third kappa shape index (κ3) is 4.38. The van der Waals surface area contributed by atoms with Crippen LogP contribution in [0.5, 0.6) is 0 Å². The van der Waals surface area contributed by atoms with Crippen LogP contribution in [0.15, 0.2) is 41.7 Å². The Morgan fingerprint density at radius 3 is 2.27 bits per heavy atom. The van der Waals surface area contributed by atoms with Gasteiger partial charge in [-0.1, -0.05) is 17.7 Å². The Morgan fingerprint density at radius 2 is 1.68 bits per heavy atom. The van der Waals surface area contributed by atoms with E-state index >= 15 is 0 Å². The van der Waals surface area contributed by atoms with E-state index in [1.54, 1.807) is 7.05 Å². The van der Waals surface area contributed by atoms with E-state index in [4.69, 9.17) is 0 Å². The second kappa shape index (κ2) is 7.69. The molecule has 2 aromatic rings. The van der Waals surface area contributed by atoms with E-state index in [0.717, 1.165) is 25.6 Å². The molecule has 118 valence electrons. The van der Waals surface area contributed by atoms with Crippen LogP contribution in [0.4, 0.5) is 0 Å². The van der Waals surface area contributed by atoms with Crippen molar-refractivity contribution in [1.29, 1.82) is 0 Å². The number of aliphatic imine (C=N–C) groups is 1. The molecule has 0 radical (unpaired) electrons. The SMILES string of the molecule is CN=C(NCCn1cccc1)NCc1c(C)cc(C)cc1C. The van der Waals surface area contributed by atoms with E-state index in [0.29, 0.717) is 0 Å². The van der Waals surface area contributed by atoms with Crippen LogP contribution >= 0.6 is 0 Å². The second-order valence-corrected chi connectivity index (χ2v) is 5.65. The van der Waals surface area contributed by atoms with E-state index in [1.807, 2.05) is 12.1 Å². The molecule has 0 amide bonds. The number of hydrogen-bond donors (Lipinski definition) is 2. The van der Waals surface area contributed by atoms with Crippen molar-refractivity contribution in [2.75, 3.05) is 13.6 Å². The topological polar surface area (TPSA) is 41.4 Å². The number of nitrogens with zero attached hydrogens (tertiary/aromatic N) is 2. The molecule has 0 aliphatic heterocycles. The standard InChI is InChI=1S/C18H26N4/c1-14-11-15(2)17(16(3)12-14)13-21-18(19-4)20-7-10-22-8-5-6-9-22/h5-6,8-9,11-12H,7,10,13H2,1-4H3,(H2,19,20,21). The molecule has 0 saturated heterocycles. The van der Waals surface area contributed by atoms with Crippen molar-refractivity contribution in [2.24, 2.45) is 4.99 Å². The Labute approximate surface area is 133 Å². The summed E-state index contributed by atoms with van der Waals surface area (Å²) < 4.78 is 2.15. The number of rotatable bonds is 5. The number of benzene rings is 1. The minimum absolute atomic E-state index is 0.793. The number of aromatic nitrogens is 1. The first-order valence-electron chi connectivity index (χ1n) is 7.72. The molecule has 0 saturated carbocycles. The van der Waals surface area contributed by atoms with Crippen LogP contribution in [0.3, 0.4) is 0 Å². The second-order valence-electron chi connectivity index (χ2n) is 5.65. The number of hydrogen-bond acceptors (Lipinski definition) is 1. The van der Waals surface area contributed by atoms with Gasteiger partial charge >= 0.3 is 0 Å². The maximum atomic E-state index is 4.28. The molecule has 2 N–H and O–H groups in total. The lowest BCUT2D eigenvalue weighted by atomic mass is 10.00. The van der Waals surface area contributed by atoms with Gasteiger partial charge in [-0.25, -0.2) is 0 Å². The predicted octanol–water partition coefficient (Wildman–Crippen LogP) is 2.78. The first kappa shape index (κ1) is 16.1. The minimum Gasteiger partial charge on any atom is -0.355 e. The largest absolute Gasteiger partial charge is 0.355 e. The molecular formula is C18H26N4. The van der Waals surface area contributed by atoms with Gasteiger partial charge in [0.05, 0.1) is 0 Å². The van der Waals surface area contributed by atoms with Crippen LogP contribution in [0, 0.1) is 20.8 Å². The van der Waals surface area contributed by atoms with Gasteiger partial charge in [-0.05, 0) is 49.6 Å². The van der Waals surface area contributed by atoms with E-state index in [9.17, 15) is 0 Å². The first-order chi connectivity index (χ1) is 10.6. The highest BCUT2D eigenvalue weighted by atomic mass is 15.2. The summed E-state index contributed by atoms with van der Waals surface area (Å²) >= 11 is 0. The lowest BCUT2D eigenvalue weighted by molar-refractivity contribution is 0.665. The lowest BCUT2D eigenvalue weighted by Crippen LogP contribution is -2.38. The predicted molar refractivity (Wildman–Crippen MR) is 93.3 cm³/mol. The van der Waals surface area contributed by atoms with Gasteiger partial charge in [0.15, 0.2) is 5.96 Å². The Balaban J connectivity index is 1.86. The van der Waals surface area contributed by atoms with Crippen molar-refractivity contribution in [3.8, 4) is 0 Å². The Kier molecular flexibility index (Phi) is 5.64. The third-order valence-corrected chi connectivity index (χ3v) is 3.83. The summed E-state index contributed by atoms with van der Waals surface area (Å²) in [5.41, 5.74) is 5.31. The molecule has 2 rings (SSSR count). The number of nitrogens with one attached hydrogen (secondary N) is 2. The molecule has 0 fully saturated rings. The summed E-state index contributed by atoms with van der Waals surface area (Å²) in [5.74, 6) is 0.839. The summed E-state index contributed by atoms with van der Waals surface area (Å²) in [6.45, 7) is 9.04. The van der Waals surface area contributed by atoms with Gasteiger partial charge in [0, 0.05) is 39.1 Å². The summed E-state index contributed by atoms with van der Waals surface area (Å²) in [6.07, 6.45) is 4.13. The highest BCUT2D eigenvalue weighted by Gasteiger charge is 2.05. The zero-order valence-corrected chi connectivity index (χ0v) is 14.0. The quantitative estimate of drug-likeness (QED) is 0.658. The molecule has 0 atom stereocenters. The van der Waals surface area contributed by atoms with E-state index in [2.05, 4.69) is 65.5 Å². The van der Waals surface area contributed by atoms with E-state index in [1.165, 1.54) is 22.3 Å². The molecular weight excluding hydrogens is 272 g/mol. The van der Waals surface area contributed by atoms with E-state index < -0.39 is 0 Å². The molecule has 0 spiro atoms. The Hall–Kier alpha value is -2.23. The van der Waals surface area contributed by atoms with Gasteiger partial charge in [0.2, 0.25) is 0 Å². The fourth-order valence-corrected chi connectivity index (χ4v) is 2.70. The van der Waals surface area contributed by atoms with Crippen molar-refractivity contribution in [1.82, 2.24) is 15.2 Å². The molecule has 4 heteroatoms. The first-order valence-corrected chi connectivity index (χ1v) is 7.72. The average Bonchev–Trinajstić information content (AvgIpc) is 2.97. The van der Waals surface area contributed by atoms with Crippen LogP contribution in [0.25, 0.3) is 0 Å². The molecule has 22 heavy (non-hydrogen) atoms. The Morgan fingerprint density at radius 1 is 1.05 bits per heavy atom. The van der Waals surface area contributed by atoms with Gasteiger partial charge in [-0.3, -0.25) is 4.99 Å². The zero-order valence-electron chi connectivity index (χ0n) is 14.0. The van der Waals surface area contributed by atoms with Crippen molar-refractivity contribution < 1.29 is 0 Å². The molecule has 1 aromatic heterocycles. The molecule has 0 aliphatic rings. The molecule has 4 nitrogen and oxygen atoms in total. The molecule has 0 aliphatic carbocycles. The third-order valence-electron chi connectivity index (χ3n) is 3.83. The maximum Gasteiger partial charge on any atom is 0.191 e. The molecule has 0 bridgehead atoms. The molecule has 0 unspecified atom stereocenters. The van der Waals surface area contributed by atoms with Gasteiger partial charge in [-0.15, -0.1) is 0 Å².